The van der Waals surface area contributed by atoms with Crippen LogP contribution in [0.2, 0.25) is 0 Å². The van der Waals surface area contributed by atoms with Crippen molar-refractivity contribution in [2.24, 2.45) is 0 Å². The molecule has 162 valence electrons. The second-order valence-electron chi connectivity index (χ2n) is 6.67. The molecule has 2 aromatic rings. The van der Waals surface area contributed by atoms with Crippen molar-refractivity contribution in [2.75, 3.05) is 17.0 Å². The minimum Gasteiger partial charge on any atom is -0.330 e. The number of carbonyl (C=O) groups excluding carboxylic acids is 4. The molecule has 0 atom stereocenters. The Bertz CT molecular complexity index is 993. The first kappa shape index (κ1) is 21.9. The lowest BCUT2D eigenvalue weighted by molar-refractivity contribution is -0.197. The molecule has 31 heavy (non-hydrogen) atoms. The highest BCUT2D eigenvalue weighted by Crippen LogP contribution is 2.18. The van der Waals surface area contributed by atoms with Gasteiger partial charge in [0.2, 0.25) is 0 Å². The van der Waals surface area contributed by atoms with Gasteiger partial charge in [0.15, 0.2) is 5.82 Å². The number of nitrogens with zero attached hydrogens (tertiary/aromatic N) is 3. The Morgan fingerprint density at radius 3 is 2.48 bits per heavy atom. The van der Waals surface area contributed by atoms with E-state index in [0.29, 0.717) is 10.8 Å². The molecular weight excluding hydrogens is 404 g/mol. The number of nitrogens with one attached hydrogen (secondary N) is 1. The molecule has 10 nitrogen and oxygen atoms in total. The van der Waals surface area contributed by atoms with E-state index in [0.717, 1.165) is 10.6 Å². The lowest BCUT2D eigenvalue weighted by Crippen LogP contribution is -2.36. The van der Waals surface area contributed by atoms with Gasteiger partial charge >= 0.3 is 12.0 Å². The van der Waals surface area contributed by atoms with E-state index in [2.05, 4.69) is 10.3 Å². The standard InChI is InChI=1S/C21H22N4O6/c1-3-30-24(21(29)23-16-9-5-4-7-14(16)2)17-10-6-8-15(22-17)13-20(28)31-25-18(26)11-12-19(25)27/h4-10H,3,11-13H2,1-2H3,(H,23,29). The van der Waals surface area contributed by atoms with Gasteiger partial charge in [-0.15, -0.1) is 5.06 Å². The third-order valence-corrected chi connectivity index (χ3v) is 4.35. The van der Waals surface area contributed by atoms with Crippen LogP contribution < -0.4 is 10.4 Å². The second-order valence-corrected chi connectivity index (χ2v) is 6.67. The minimum atomic E-state index is -0.819. The summed E-state index contributed by atoms with van der Waals surface area (Å²) in [5, 5.41) is 4.24. The molecule has 0 aliphatic carbocycles. The van der Waals surface area contributed by atoms with E-state index in [1.165, 1.54) is 0 Å². The fourth-order valence-corrected chi connectivity index (χ4v) is 2.86. The van der Waals surface area contributed by atoms with Gasteiger partial charge in [-0.05, 0) is 37.6 Å². The predicted octanol–water partition coefficient (Wildman–Crippen LogP) is 2.53. The molecule has 1 aromatic heterocycles. The Kier molecular flexibility index (Phi) is 6.93. The highest BCUT2D eigenvalue weighted by molar-refractivity contribution is 6.02. The highest BCUT2D eigenvalue weighted by Gasteiger charge is 2.33. The van der Waals surface area contributed by atoms with E-state index in [1.807, 2.05) is 19.1 Å². The number of aryl methyl sites for hydroxylation is 1. The topological polar surface area (TPSA) is 118 Å². The molecule has 0 bridgehead atoms. The van der Waals surface area contributed by atoms with Gasteiger partial charge in [-0.2, -0.15) is 5.06 Å². The van der Waals surface area contributed by atoms with Crippen molar-refractivity contribution in [1.82, 2.24) is 10.0 Å². The number of imide groups is 1. The molecule has 1 aromatic carbocycles. The molecule has 1 aliphatic heterocycles. The molecule has 4 amide bonds. The molecule has 0 spiro atoms. The number of aromatic nitrogens is 1. The molecule has 0 radical (unpaired) electrons. The minimum absolute atomic E-state index is 0.0131. The van der Waals surface area contributed by atoms with E-state index in [4.69, 9.17) is 9.68 Å². The average molecular weight is 426 g/mol. The maximum Gasteiger partial charge on any atom is 0.352 e. The van der Waals surface area contributed by atoms with Crippen LogP contribution in [-0.2, 0) is 30.5 Å². The van der Waals surface area contributed by atoms with Crippen molar-refractivity contribution in [3.8, 4) is 0 Å². The number of carbonyl (C=O) groups is 4. The summed E-state index contributed by atoms with van der Waals surface area (Å²) in [6.07, 6.45) is -0.275. The number of para-hydroxylation sites is 1. The zero-order chi connectivity index (χ0) is 22.4. The van der Waals surface area contributed by atoms with Crippen LogP contribution in [-0.4, -0.2) is 40.5 Å². The number of hydrogen-bond donors (Lipinski definition) is 1. The molecule has 3 rings (SSSR count). The number of anilines is 2. The van der Waals surface area contributed by atoms with Crippen molar-refractivity contribution in [1.29, 1.82) is 0 Å². The Hall–Kier alpha value is -3.79. The molecule has 1 fully saturated rings. The predicted molar refractivity (Wildman–Crippen MR) is 109 cm³/mol. The summed E-state index contributed by atoms with van der Waals surface area (Å²) in [4.78, 5) is 62.7. The maximum absolute atomic E-state index is 12.8. The Morgan fingerprint density at radius 2 is 1.81 bits per heavy atom. The van der Waals surface area contributed by atoms with Crippen molar-refractivity contribution in [3.63, 3.8) is 0 Å². The van der Waals surface area contributed by atoms with Gasteiger partial charge in [0.05, 0.1) is 18.7 Å². The number of pyridine rings is 1. The van der Waals surface area contributed by atoms with Crippen LogP contribution in [0.1, 0.15) is 31.0 Å². The van der Waals surface area contributed by atoms with Crippen LogP contribution in [0.3, 0.4) is 0 Å². The van der Waals surface area contributed by atoms with Crippen LogP contribution in [0.5, 0.6) is 0 Å². The van der Waals surface area contributed by atoms with Crippen molar-refractivity contribution >= 4 is 35.3 Å². The lowest BCUT2D eigenvalue weighted by Gasteiger charge is -2.21. The van der Waals surface area contributed by atoms with Crippen molar-refractivity contribution < 1.29 is 28.9 Å². The molecule has 1 N–H and O–H groups in total. The summed E-state index contributed by atoms with van der Waals surface area (Å²) in [5.74, 6) is -1.78. The fourth-order valence-electron chi connectivity index (χ4n) is 2.86. The largest absolute Gasteiger partial charge is 0.352 e. The molecule has 10 heteroatoms. The molecule has 1 aliphatic rings. The maximum atomic E-state index is 12.8. The normalized spacial score (nSPS) is 13.3. The number of hydroxylamine groups is 3. The average Bonchev–Trinajstić information content (AvgIpc) is 3.05. The van der Waals surface area contributed by atoms with E-state index in [1.54, 1.807) is 37.3 Å². The molecule has 0 saturated carbocycles. The first-order chi connectivity index (χ1) is 14.9. The quantitative estimate of drug-likeness (QED) is 0.534. The Balaban J connectivity index is 1.71. The molecular formula is C21H22N4O6. The van der Waals surface area contributed by atoms with Crippen LogP contribution >= 0.6 is 0 Å². The third kappa shape index (κ3) is 5.43. The second kappa shape index (κ2) is 9.81. The monoisotopic (exact) mass is 426 g/mol. The molecule has 0 unspecified atom stereocenters. The molecule has 2 heterocycles. The zero-order valence-electron chi connectivity index (χ0n) is 17.2. The summed E-state index contributed by atoms with van der Waals surface area (Å²) in [6.45, 7) is 3.79. The first-order valence-electron chi connectivity index (χ1n) is 9.71. The van der Waals surface area contributed by atoms with Crippen LogP contribution in [0.15, 0.2) is 42.5 Å². The van der Waals surface area contributed by atoms with E-state index in [9.17, 15) is 19.2 Å². The van der Waals surface area contributed by atoms with Gasteiger partial charge in [-0.3, -0.25) is 14.4 Å². The third-order valence-electron chi connectivity index (χ3n) is 4.35. The van der Waals surface area contributed by atoms with E-state index in [-0.39, 0.29) is 37.4 Å². The van der Waals surface area contributed by atoms with Gasteiger partial charge in [0, 0.05) is 18.5 Å². The van der Waals surface area contributed by atoms with Crippen LogP contribution in [0, 0.1) is 6.92 Å². The number of amides is 4. The number of rotatable bonds is 7. The Labute approximate surface area is 178 Å². The molecule has 1 saturated heterocycles. The zero-order valence-corrected chi connectivity index (χ0v) is 17.2. The van der Waals surface area contributed by atoms with Crippen LogP contribution in [0.25, 0.3) is 0 Å². The van der Waals surface area contributed by atoms with Crippen molar-refractivity contribution in [2.45, 2.75) is 33.1 Å². The summed E-state index contributed by atoms with van der Waals surface area (Å²) in [7, 11) is 0. The van der Waals surface area contributed by atoms with Crippen LogP contribution in [0.4, 0.5) is 16.3 Å². The summed E-state index contributed by atoms with van der Waals surface area (Å²) < 4.78 is 0. The highest BCUT2D eigenvalue weighted by atomic mass is 16.7. The summed E-state index contributed by atoms with van der Waals surface area (Å²) in [6, 6.07) is 11.4. The Morgan fingerprint density at radius 1 is 1.10 bits per heavy atom. The summed E-state index contributed by atoms with van der Waals surface area (Å²) in [5.41, 5.74) is 1.77. The first-order valence-corrected chi connectivity index (χ1v) is 9.71. The van der Waals surface area contributed by atoms with Crippen molar-refractivity contribution in [3.05, 3.63) is 53.7 Å². The lowest BCUT2D eigenvalue weighted by atomic mass is 10.2. The van der Waals surface area contributed by atoms with E-state index >= 15 is 0 Å². The van der Waals surface area contributed by atoms with Gasteiger partial charge in [0.1, 0.15) is 0 Å². The van der Waals surface area contributed by atoms with Gasteiger partial charge < -0.3 is 10.2 Å². The smallest absolute Gasteiger partial charge is 0.330 e. The number of hydrogen-bond acceptors (Lipinski definition) is 7. The van der Waals surface area contributed by atoms with Gasteiger partial charge in [0.25, 0.3) is 11.8 Å². The van der Waals surface area contributed by atoms with Gasteiger partial charge in [-0.1, -0.05) is 24.3 Å². The number of urea groups is 1. The van der Waals surface area contributed by atoms with E-state index < -0.39 is 23.8 Å². The summed E-state index contributed by atoms with van der Waals surface area (Å²) >= 11 is 0. The number of benzene rings is 1. The van der Waals surface area contributed by atoms with Gasteiger partial charge in [-0.25, -0.2) is 14.6 Å². The fraction of sp³-hybridized carbons (Fsp3) is 0.286. The SMILES string of the molecule is CCON(C(=O)Nc1ccccc1C)c1cccc(CC(=O)ON2C(=O)CCC2=O)n1.